The number of rotatable bonds is 25. The van der Waals surface area contributed by atoms with Crippen LogP contribution in [-0.4, -0.2) is 176 Å². The molecule has 5 unspecified atom stereocenters. The highest BCUT2D eigenvalue weighted by molar-refractivity contribution is 6.04. The lowest BCUT2D eigenvalue weighted by molar-refractivity contribution is -0.293. The Hall–Kier alpha value is -5.72. The topological polar surface area (TPSA) is 369 Å². The minimum atomic E-state index is -3.41. The fraction of sp³-hybridized carbons (Fsp3) is 0.676. The van der Waals surface area contributed by atoms with Crippen LogP contribution in [-0.2, 0) is 62.3 Å². The lowest BCUT2D eigenvalue weighted by atomic mass is 9.58. The molecule has 0 aromatic rings. The molecule has 4 aliphatic heterocycles. The van der Waals surface area contributed by atoms with E-state index in [1.165, 1.54) is 0 Å². The number of carboxylic acid groups (broad SMARTS) is 4. The maximum Gasteiger partial charge on any atom is 0.303 e. The molecule has 4 aliphatic rings. The van der Waals surface area contributed by atoms with Gasteiger partial charge >= 0.3 is 23.9 Å². The zero-order valence-corrected chi connectivity index (χ0v) is 32.8. The van der Waals surface area contributed by atoms with Crippen molar-refractivity contribution in [3.8, 4) is 0 Å². The van der Waals surface area contributed by atoms with Gasteiger partial charge in [-0.05, 0) is 19.3 Å². The first-order chi connectivity index (χ1) is 28.7. The van der Waals surface area contributed by atoms with Gasteiger partial charge in [-0.2, -0.15) is 0 Å². The summed E-state index contributed by atoms with van der Waals surface area (Å²) < 4.78 is 6.74. The Bertz CT molecular complexity index is 1720. The van der Waals surface area contributed by atoms with Gasteiger partial charge in [0.05, 0.1) is 42.9 Å². The highest BCUT2D eigenvalue weighted by Crippen LogP contribution is 2.53. The molecule has 24 nitrogen and oxygen atoms in total. The molecule has 4 heterocycles. The number of carbonyl (C=O) groups excluding carboxylic acids is 8. The van der Waals surface area contributed by atoms with Crippen molar-refractivity contribution < 1.29 is 98.0 Å². The van der Waals surface area contributed by atoms with Crippen LogP contribution in [0.4, 0.5) is 0 Å². The van der Waals surface area contributed by atoms with Crippen LogP contribution in [0.5, 0.6) is 0 Å². The molecular weight excluding hydrogens is 820 g/mol. The number of aliphatic hydroxyl groups is 3. The van der Waals surface area contributed by atoms with E-state index in [2.05, 4.69) is 0 Å². The van der Waals surface area contributed by atoms with E-state index in [-0.39, 0.29) is 0 Å². The molecule has 7 N–H and O–H groups in total. The van der Waals surface area contributed by atoms with Gasteiger partial charge in [-0.25, -0.2) is 0 Å². The van der Waals surface area contributed by atoms with E-state index in [0.29, 0.717) is 19.6 Å². The van der Waals surface area contributed by atoms with Gasteiger partial charge in [0, 0.05) is 83.5 Å². The van der Waals surface area contributed by atoms with Crippen LogP contribution < -0.4 is 0 Å². The van der Waals surface area contributed by atoms with Crippen molar-refractivity contribution in [2.75, 3.05) is 13.2 Å². The number of nitrogens with zero attached hydrogens (tertiary/aromatic N) is 4. The van der Waals surface area contributed by atoms with Gasteiger partial charge in [0.15, 0.2) is 0 Å². The second-order valence-electron chi connectivity index (χ2n) is 15.2. The minimum absolute atomic E-state index is 0.398. The first-order valence-electron chi connectivity index (χ1n) is 19.5. The lowest BCUT2D eigenvalue weighted by Gasteiger charge is -2.62. The predicted octanol–water partition coefficient (Wildman–Crippen LogP) is -2.44. The highest BCUT2D eigenvalue weighted by atomic mass is 16.5. The van der Waals surface area contributed by atoms with Crippen molar-refractivity contribution in [3.05, 3.63) is 0 Å². The van der Waals surface area contributed by atoms with Crippen molar-refractivity contribution in [3.63, 3.8) is 0 Å². The van der Waals surface area contributed by atoms with E-state index in [4.69, 9.17) is 4.74 Å². The van der Waals surface area contributed by atoms with Crippen LogP contribution in [0.2, 0.25) is 0 Å². The van der Waals surface area contributed by atoms with Crippen molar-refractivity contribution >= 4 is 71.1 Å². The summed E-state index contributed by atoms with van der Waals surface area (Å²) in [6.45, 7) is -3.45. The second-order valence-corrected chi connectivity index (χ2v) is 15.2. The molecular formula is C37H48N4O20. The molecule has 4 saturated heterocycles. The largest absolute Gasteiger partial charge is 0.481 e. The van der Waals surface area contributed by atoms with Gasteiger partial charge in [0.25, 0.3) is 0 Å². The van der Waals surface area contributed by atoms with Gasteiger partial charge in [-0.15, -0.1) is 0 Å². The van der Waals surface area contributed by atoms with Crippen LogP contribution in [0.3, 0.4) is 0 Å². The molecule has 4 rings (SSSR count). The lowest BCUT2D eigenvalue weighted by Crippen LogP contribution is -2.80. The monoisotopic (exact) mass is 868 g/mol. The molecule has 0 aromatic heterocycles. The van der Waals surface area contributed by atoms with Gasteiger partial charge in [0.2, 0.25) is 47.3 Å². The molecule has 61 heavy (non-hydrogen) atoms. The van der Waals surface area contributed by atoms with E-state index >= 15 is 0 Å². The Morgan fingerprint density at radius 3 is 1.10 bits per heavy atom. The Labute approximate surface area is 346 Å². The van der Waals surface area contributed by atoms with Crippen LogP contribution in [0, 0.1) is 5.41 Å². The Kier molecular flexibility index (Phi) is 15.5. The Morgan fingerprint density at radius 1 is 0.475 bits per heavy atom. The average molecular weight is 869 g/mol. The molecule has 5 atom stereocenters. The smallest absolute Gasteiger partial charge is 0.303 e. The Balaban J connectivity index is 2.30. The maximum absolute atomic E-state index is 13.9. The number of amides is 8. The maximum atomic E-state index is 13.9. The number of carboxylic acids is 4. The quantitative estimate of drug-likeness (QED) is 0.0469. The third-order valence-corrected chi connectivity index (χ3v) is 11.7. The fourth-order valence-corrected chi connectivity index (χ4v) is 9.01. The van der Waals surface area contributed by atoms with E-state index in [0.717, 1.165) is 0 Å². The molecule has 0 saturated carbocycles. The summed E-state index contributed by atoms with van der Waals surface area (Å²) in [6.07, 6.45) is -17.2. The summed E-state index contributed by atoms with van der Waals surface area (Å²) in [4.78, 5) is 160. The summed E-state index contributed by atoms with van der Waals surface area (Å²) >= 11 is 0. The first kappa shape index (κ1) is 48.0. The van der Waals surface area contributed by atoms with Crippen molar-refractivity contribution in [1.29, 1.82) is 0 Å². The van der Waals surface area contributed by atoms with Crippen LogP contribution in [0.25, 0.3) is 0 Å². The summed E-state index contributed by atoms with van der Waals surface area (Å²) in [6, 6.07) is -6.85. The van der Waals surface area contributed by atoms with Crippen LogP contribution >= 0.6 is 0 Å². The molecule has 0 aromatic carbocycles. The molecule has 0 spiro atoms. The minimum Gasteiger partial charge on any atom is -0.481 e. The van der Waals surface area contributed by atoms with Gasteiger partial charge in [0.1, 0.15) is 11.8 Å². The normalized spacial score (nSPS) is 21.0. The van der Waals surface area contributed by atoms with E-state index in [9.17, 15) is 93.3 Å². The van der Waals surface area contributed by atoms with Gasteiger partial charge < -0.3 is 40.5 Å². The fourth-order valence-electron chi connectivity index (χ4n) is 9.01. The number of imide groups is 4. The summed E-state index contributed by atoms with van der Waals surface area (Å²) in [5.74, 6) is -14.9. The average Bonchev–Trinajstić information content (AvgIpc) is 3.92. The number of aliphatic carboxylic acids is 4. The van der Waals surface area contributed by atoms with Crippen LogP contribution in [0.15, 0.2) is 0 Å². The zero-order valence-electron chi connectivity index (χ0n) is 32.8. The SMILES string of the molecule is O=C(O)CCC(OC(C(CCC(=O)O)N1C(=O)CCC1=O)(C(CCC(=O)O)N1C(=O)CCC1=O)C(CO)(CO)C(O)C(CCC(=O)O)N1C(=O)CCC1=O)N1C(=O)CCC1=O. The van der Waals surface area contributed by atoms with Crippen LogP contribution in [0.1, 0.15) is 103 Å². The summed E-state index contributed by atoms with van der Waals surface area (Å²) in [7, 11) is 0. The van der Waals surface area contributed by atoms with E-state index in [1.54, 1.807) is 0 Å². The predicted molar refractivity (Wildman–Crippen MR) is 193 cm³/mol. The van der Waals surface area contributed by atoms with Gasteiger partial charge in [-0.3, -0.25) is 77.1 Å². The van der Waals surface area contributed by atoms with Crippen molar-refractivity contribution in [2.45, 2.75) is 139 Å². The van der Waals surface area contributed by atoms with E-state index < -0.39 is 229 Å². The molecule has 0 bridgehead atoms. The number of aliphatic hydroxyl groups excluding tert-OH is 3. The Morgan fingerprint density at radius 2 is 0.770 bits per heavy atom. The number of carbonyl (C=O) groups is 12. The zero-order chi connectivity index (χ0) is 45.6. The molecule has 336 valence electrons. The number of ether oxygens (including phenoxy) is 1. The summed E-state index contributed by atoms with van der Waals surface area (Å²) in [5, 5.41) is 76.2. The molecule has 8 amide bonds. The van der Waals surface area contributed by atoms with E-state index in [1.807, 2.05) is 0 Å². The molecule has 4 fully saturated rings. The number of hydrogen-bond donors (Lipinski definition) is 7. The third kappa shape index (κ3) is 9.61. The summed E-state index contributed by atoms with van der Waals surface area (Å²) in [5.41, 5.74) is -6.66. The van der Waals surface area contributed by atoms with Crippen molar-refractivity contribution in [2.24, 2.45) is 5.41 Å². The third-order valence-electron chi connectivity index (χ3n) is 11.7. The molecule has 24 heteroatoms. The number of hydrogen-bond acceptors (Lipinski definition) is 16. The molecule has 0 radical (unpaired) electrons. The first-order valence-corrected chi connectivity index (χ1v) is 19.5. The van der Waals surface area contributed by atoms with Gasteiger partial charge in [-0.1, -0.05) is 0 Å². The van der Waals surface area contributed by atoms with Crippen molar-refractivity contribution in [1.82, 2.24) is 19.6 Å². The number of likely N-dealkylation sites (tertiary alicyclic amines) is 4. The second kappa shape index (κ2) is 19.8. The standard InChI is InChI=1S/C37H48N4O20/c42-17-36(18-43,35(60)19(1-13-31(52)53)38-22(44)4-5-23(38)45)37(20(2-14-32(54)55)39-24(46)6-7-25(39)47,21(3-15-33(56)57)40-26(48)8-9-27(40)49)61-30(12-16-34(58)59)41-28(50)10-11-29(41)51/h19-21,30,35,42-43,60H,1-18H2,(H,52,53)(H,54,55)(H,56,57)(H,58,59). The highest BCUT2D eigenvalue weighted by Gasteiger charge is 2.71. The molecule has 0 aliphatic carbocycles.